The number of hydrogen-bond donors (Lipinski definition) is 1. The molecule has 8 heavy (non-hydrogen) atoms. The van der Waals surface area contributed by atoms with Crippen LogP contribution in [0.1, 0.15) is 0 Å². The first-order chi connectivity index (χ1) is 3.93. The summed E-state index contributed by atoms with van der Waals surface area (Å²) in [6.45, 7) is 0. The molecule has 2 nitrogen and oxygen atoms in total. The molecule has 1 N–H and O–H groups in total. The summed E-state index contributed by atoms with van der Waals surface area (Å²) in [5.41, 5.74) is 0.866. The lowest BCUT2D eigenvalue weighted by molar-refractivity contribution is -0.105. The van der Waals surface area contributed by atoms with Crippen LogP contribution >= 0.6 is 11.3 Å². The molecule has 0 atom stereocenters. The lowest BCUT2D eigenvalue weighted by atomic mass is 10.5. The van der Waals surface area contributed by atoms with Crippen molar-refractivity contribution < 1.29 is 4.79 Å². The second-order valence-electron chi connectivity index (χ2n) is 1.27. The minimum absolute atomic E-state index is 0.669. The summed E-state index contributed by atoms with van der Waals surface area (Å²) in [7, 11) is 0. The zero-order valence-electron chi connectivity index (χ0n) is 4.13. The van der Waals surface area contributed by atoms with E-state index in [0.29, 0.717) is 6.41 Å². The predicted molar refractivity (Wildman–Crippen MR) is 34.0 cm³/mol. The standard InChI is InChI=1S/C5H5NOS/c7-4-6-5-1-2-8-3-5/h1-4H,(H,6,7). The molecule has 0 unspecified atom stereocenters. The maximum atomic E-state index is 9.77. The van der Waals surface area contributed by atoms with Crippen molar-refractivity contribution in [2.45, 2.75) is 0 Å². The van der Waals surface area contributed by atoms with Crippen LogP contribution in [-0.2, 0) is 4.79 Å². The molecule has 1 heterocycles. The number of thiophene rings is 1. The van der Waals surface area contributed by atoms with Crippen LogP contribution in [0.3, 0.4) is 0 Å². The number of hydrogen-bond acceptors (Lipinski definition) is 2. The average molecular weight is 127 g/mol. The minimum atomic E-state index is 0.669. The van der Waals surface area contributed by atoms with Crippen LogP contribution in [-0.4, -0.2) is 6.41 Å². The van der Waals surface area contributed by atoms with Gasteiger partial charge >= 0.3 is 0 Å². The molecule has 0 aliphatic carbocycles. The van der Waals surface area contributed by atoms with Gasteiger partial charge in [-0.15, -0.1) is 0 Å². The Morgan fingerprint density at radius 2 is 2.62 bits per heavy atom. The quantitative estimate of drug-likeness (QED) is 0.596. The second-order valence-corrected chi connectivity index (χ2v) is 2.05. The molecule has 0 saturated carbocycles. The van der Waals surface area contributed by atoms with E-state index in [1.165, 1.54) is 0 Å². The summed E-state index contributed by atoms with van der Waals surface area (Å²) in [5.74, 6) is 0. The maximum Gasteiger partial charge on any atom is 0.211 e. The van der Waals surface area contributed by atoms with E-state index >= 15 is 0 Å². The Labute approximate surface area is 51.1 Å². The number of carbonyl (C=O) groups is 1. The van der Waals surface area contributed by atoms with E-state index < -0.39 is 0 Å². The van der Waals surface area contributed by atoms with Gasteiger partial charge in [0.15, 0.2) is 0 Å². The first kappa shape index (κ1) is 5.31. The predicted octanol–water partition coefficient (Wildman–Crippen LogP) is 1.32. The van der Waals surface area contributed by atoms with Gasteiger partial charge in [0, 0.05) is 5.38 Å². The van der Waals surface area contributed by atoms with Crippen molar-refractivity contribution >= 4 is 23.4 Å². The van der Waals surface area contributed by atoms with Gasteiger partial charge < -0.3 is 5.32 Å². The molecule has 0 spiro atoms. The first-order valence-electron chi connectivity index (χ1n) is 2.16. The van der Waals surface area contributed by atoms with Crippen molar-refractivity contribution in [3.8, 4) is 0 Å². The van der Waals surface area contributed by atoms with Crippen molar-refractivity contribution in [3.05, 3.63) is 16.8 Å². The Kier molecular flexibility index (Phi) is 1.64. The molecule has 3 heteroatoms. The van der Waals surface area contributed by atoms with E-state index in [4.69, 9.17) is 0 Å². The van der Waals surface area contributed by atoms with E-state index in [1.54, 1.807) is 11.3 Å². The van der Waals surface area contributed by atoms with E-state index in [1.807, 2.05) is 16.8 Å². The van der Waals surface area contributed by atoms with Crippen molar-refractivity contribution in [2.24, 2.45) is 0 Å². The van der Waals surface area contributed by atoms with Gasteiger partial charge in [0.05, 0.1) is 5.69 Å². The lowest BCUT2D eigenvalue weighted by Gasteiger charge is -1.85. The van der Waals surface area contributed by atoms with Crippen LogP contribution in [0.15, 0.2) is 16.8 Å². The number of nitrogens with one attached hydrogen (secondary N) is 1. The van der Waals surface area contributed by atoms with Crippen molar-refractivity contribution in [2.75, 3.05) is 5.32 Å². The maximum absolute atomic E-state index is 9.77. The van der Waals surface area contributed by atoms with Crippen LogP contribution < -0.4 is 5.32 Å². The Hall–Kier alpha value is -0.830. The Balaban J connectivity index is 2.62. The van der Waals surface area contributed by atoms with Crippen LogP contribution in [0.4, 0.5) is 5.69 Å². The topological polar surface area (TPSA) is 29.1 Å². The number of carbonyl (C=O) groups excluding carboxylic acids is 1. The lowest BCUT2D eigenvalue weighted by Crippen LogP contribution is -1.89. The van der Waals surface area contributed by atoms with Gasteiger partial charge in [-0.25, -0.2) is 0 Å². The van der Waals surface area contributed by atoms with Gasteiger partial charge in [-0.3, -0.25) is 4.79 Å². The number of anilines is 1. The summed E-state index contributed by atoms with van der Waals surface area (Å²) < 4.78 is 0. The molecule has 0 aliphatic rings. The summed E-state index contributed by atoms with van der Waals surface area (Å²) in [4.78, 5) is 9.77. The van der Waals surface area contributed by atoms with Crippen LogP contribution in [0.25, 0.3) is 0 Å². The van der Waals surface area contributed by atoms with E-state index in [0.717, 1.165) is 5.69 Å². The summed E-state index contributed by atoms with van der Waals surface area (Å²) in [6, 6.07) is 1.85. The molecule has 0 radical (unpaired) electrons. The fourth-order valence-corrected chi connectivity index (χ4v) is 1.01. The highest BCUT2D eigenvalue weighted by Crippen LogP contribution is 2.09. The van der Waals surface area contributed by atoms with Gasteiger partial charge in [0.2, 0.25) is 6.41 Å². The zero-order valence-corrected chi connectivity index (χ0v) is 4.94. The fourth-order valence-electron chi connectivity index (χ4n) is 0.415. The highest BCUT2D eigenvalue weighted by atomic mass is 32.1. The van der Waals surface area contributed by atoms with E-state index in [9.17, 15) is 4.79 Å². The van der Waals surface area contributed by atoms with Crippen molar-refractivity contribution in [1.82, 2.24) is 0 Å². The van der Waals surface area contributed by atoms with Crippen LogP contribution in [0.2, 0.25) is 0 Å². The zero-order chi connectivity index (χ0) is 5.82. The second kappa shape index (κ2) is 2.47. The van der Waals surface area contributed by atoms with E-state index in [2.05, 4.69) is 5.32 Å². The molecular formula is C5H5NOS. The van der Waals surface area contributed by atoms with Gasteiger partial charge in [-0.05, 0) is 11.4 Å². The monoisotopic (exact) mass is 127 g/mol. The third-order valence-corrected chi connectivity index (χ3v) is 1.43. The summed E-state index contributed by atoms with van der Waals surface area (Å²) >= 11 is 1.56. The smallest absolute Gasteiger partial charge is 0.211 e. The molecule has 0 fully saturated rings. The van der Waals surface area contributed by atoms with Crippen molar-refractivity contribution in [1.29, 1.82) is 0 Å². The molecule has 1 aromatic heterocycles. The van der Waals surface area contributed by atoms with Gasteiger partial charge in [-0.1, -0.05) is 0 Å². The highest BCUT2D eigenvalue weighted by Gasteiger charge is 1.84. The molecule has 1 aromatic rings. The summed E-state index contributed by atoms with van der Waals surface area (Å²) in [5, 5.41) is 6.30. The van der Waals surface area contributed by atoms with Crippen molar-refractivity contribution in [3.63, 3.8) is 0 Å². The third-order valence-electron chi connectivity index (χ3n) is 0.747. The van der Waals surface area contributed by atoms with Gasteiger partial charge in [0.25, 0.3) is 0 Å². The molecule has 0 bridgehead atoms. The fraction of sp³-hybridized carbons (Fsp3) is 0. The largest absolute Gasteiger partial charge is 0.328 e. The van der Waals surface area contributed by atoms with Crippen LogP contribution in [0.5, 0.6) is 0 Å². The normalized spacial score (nSPS) is 8.50. The van der Waals surface area contributed by atoms with Gasteiger partial charge in [-0.2, -0.15) is 11.3 Å². The molecule has 1 amide bonds. The first-order valence-corrected chi connectivity index (χ1v) is 3.10. The highest BCUT2D eigenvalue weighted by molar-refractivity contribution is 7.08. The van der Waals surface area contributed by atoms with Gasteiger partial charge in [0.1, 0.15) is 0 Å². The Morgan fingerprint density at radius 3 is 3.12 bits per heavy atom. The number of rotatable bonds is 2. The SMILES string of the molecule is O=CNc1ccsc1. The molecule has 0 saturated heterocycles. The molecule has 42 valence electrons. The Morgan fingerprint density at radius 1 is 1.75 bits per heavy atom. The molecular weight excluding hydrogens is 122 g/mol. The van der Waals surface area contributed by atoms with Crippen LogP contribution in [0, 0.1) is 0 Å². The Bertz CT molecular complexity index is 159. The van der Waals surface area contributed by atoms with E-state index in [-0.39, 0.29) is 0 Å². The third kappa shape index (κ3) is 1.07. The minimum Gasteiger partial charge on any atom is -0.328 e. The molecule has 0 aliphatic heterocycles. The summed E-state index contributed by atoms with van der Waals surface area (Å²) in [6.07, 6.45) is 0.669. The molecule has 1 rings (SSSR count). The number of amides is 1. The molecule has 0 aromatic carbocycles. The average Bonchev–Trinajstić information content (AvgIpc) is 2.19.